The van der Waals surface area contributed by atoms with Crippen molar-refractivity contribution in [1.82, 2.24) is 4.90 Å². The molecular weight excluding hydrogens is 396 g/mol. The fourth-order valence-electron chi connectivity index (χ4n) is 3.99. The summed E-state index contributed by atoms with van der Waals surface area (Å²) in [6.45, 7) is 1.08. The first-order valence-electron chi connectivity index (χ1n) is 9.21. The second-order valence-electron chi connectivity index (χ2n) is 6.95. The Morgan fingerprint density at radius 3 is 2.79 bits per heavy atom. The Balaban J connectivity index is 0.00000240. The average Bonchev–Trinajstić information content (AvgIpc) is 3.20. The summed E-state index contributed by atoms with van der Waals surface area (Å²) in [7, 11) is 5.33. The van der Waals surface area contributed by atoms with Gasteiger partial charge in [0.05, 0.1) is 19.9 Å². The summed E-state index contributed by atoms with van der Waals surface area (Å²) in [5.41, 5.74) is 3.64. The quantitative estimate of drug-likeness (QED) is 0.452. The summed E-state index contributed by atoms with van der Waals surface area (Å²) < 4.78 is 22.3. The Morgan fingerprint density at radius 1 is 1.24 bits per heavy atom. The van der Waals surface area contributed by atoms with E-state index in [0.717, 1.165) is 35.6 Å². The van der Waals surface area contributed by atoms with Gasteiger partial charge in [0.2, 0.25) is 12.5 Å². The number of ether oxygens (including phenoxy) is 4. The lowest BCUT2D eigenvalue weighted by Gasteiger charge is -2.36. The van der Waals surface area contributed by atoms with Crippen molar-refractivity contribution in [3.63, 3.8) is 0 Å². The Hall–Kier alpha value is -2.64. The number of hydrogen-bond acceptors (Lipinski definition) is 7. The number of fused-ring (bicyclic) bond motifs is 2. The second-order valence-corrected chi connectivity index (χ2v) is 6.95. The van der Waals surface area contributed by atoms with E-state index in [4.69, 9.17) is 18.9 Å². The van der Waals surface area contributed by atoms with Crippen molar-refractivity contribution in [3.8, 4) is 23.0 Å². The van der Waals surface area contributed by atoms with Crippen molar-refractivity contribution < 1.29 is 24.2 Å². The van der Waals surface area contributed by atoms with Gasteiger partial charge in [0.1, 0.15) is 5.75 Å². The fraction of sp³-hybridized carbons (Fsp3) is 0.381. The largest absolute Gasteiger partial charge is 0.497 e. The number of oxime groups is 1. The van der Waals surface area contributed by atoms with Crippen LogP contribution < -0.4 is 18.9 Å². The molecular formula is C21H25ClN2O5. The van der Waals surface area contributed by atoms with Gasteiger partial charge in [0.15, 0.2) is 11.5 Å². The van der Waals surface area contributed by atoms with Gasteiger partial charge in [0.25, 0.3) is 0 Å². The number of halogens is 1. The molecule has 2 heterocycles. The predicted molar refractivity (Wildman–Crippen MR) is 111 cm³/mol. The maximum Gasteiger partial charge on any atom is 0.231 e. The molecule has 0 saturated heterocycles. The van der Waals surface area contributed by atoms with Gasteiger partial charge in [-0.05, 0) is 37.2 Å². The highest BCUT2D eigenvalue weighted by Crippen LogP contribution is 2.50. The first-order valence-corrected chi connectivity index (χ1v) is 9.21. The number of nitrogens with zero attached hydrogens (tertiary/aromatic N) is 2. The summed E-state index contributed by atoms with van der Waals surface area (Å²) in [5, 5.41) is 13.3. The molecule has 0 amide bonds. The minimum Gasteiger partial charge on any atom is -0.497 e. The van der Waals surface area contributed by atoms with E-state index in [1.807, 2.05) is 30.3 Å². The number of hydrogen-bond donors (Lipinski definition) is 1. The second kappa shape index (κ2) is 8.80. The fourth-order valence-corrected chi connectivity index (χ4v) is 3.99. The van der Waals surface area contributed by atoms with Crippen LogP contribution >= 0.6 is 12.4 Å². The van der Waals surface area contributed by atoms with E-state index in [-0.39, 0.29) is 25.2 Å². The summed E-state index contributed by atoms with van der Waals surface area (Å²) >= 11 is 0. The van der Waals surface area contributed by atoms with Gasteiger partial charge in [0, 0.05) is 30.1 Å². The number of benzene rings is 2. The predicted octanol–water partition coefficient (Wildman–Crippen LogP) is 3.65. The van der Waals surface area contributed by atoms with E-state index in [0.29, 0.717) is 23.6 Å². The minimum atomic E-state index is -0.0229. The van der Waals surface area contributed by atoms with Crippen LogP contribution in [0.3, 0.4) is 0 Å². The van der Waals surface area contributed by atoms with Crippen LogP contribution in [0.4, 0.5) is 0 Å². The topological polar surface area (TPSA) is 72.8 Å². The van der Waals surface area contributed by atoms with Crippen molar-refractivity contribution in [2.24, 2.45) is 5.16 Å². The molecule has 1 atom stereocenters. The molecule has 156 valence electrons. The van der Waals surface area contributed by atoms with Gasteiger partial charge in [-0.25, -0.2) is 0 Å². The highest BCUT2D eigenvalue weighted by atomic mass is 35.5. The molecule has 1 unspecified atom stereocenters. The molecule has 0 spiro atoms. The molecule has 2 aromatic carbocycles. The zero-order chi connectivity index (χ0) is 19.7. The molecule has 0 fully saturated rings. The molecule has 29 heavy (non-hydrogen) atoms. The lowest BCUT2D eigenvalue weighted by molar-refractivity contribution is 0.170. The summed E-state index contributed by atoms with van der Waals surface area (Å²) in [6, 6.07) is 9.56. The maximum atomic E-state index is 9.74. The van der Waals surface area contributed by atoms with Gasteiger partial charge in [-0.3, -0.25) is 4.90 Å². The Morgan fingerprint density at radius 2 is 2.07 bits per heavy atom. The van der Waals surface area contributed by atoms with Crippen molar-refractivity contribution in [2.75, 3.05) is 34.6 Å². The smallest absolute Gasteiger partial charge is 0.231 e. The van der Waals surface area contributed by atoms with Crippen LogP contribution in [-0.4, -0.2) is 50.4 Å². The van der Waals surface area contributed by atoms with E-state index in [9.17, 15) is 5.21 Å². The monoisotopic (exact) mass is 420 g/mol. The molecule has 0 saturated carbocycles. The molecule has 2 aliphatic heterocycles. The van der Waals surface area contributed by atoms with Gasteiger partial charge in [-0.2, -0.15) is 0 Å². The Labute approximate surface area is 176 Å². The summed E-state index contributed by atoms with van der Waals surface area (Å²) in [4.78, 5) is 2.25. The van der Waals surface area contributed by atoms with Crippen molar-refractivity contribution in [2.45, 2.75) is 18.9 Å². The van der Waals surface area contributed by atoms with Crippen LogP contribution in [0.2, 0.25) is 0 Å². The first kappa shape index (κ1) is 21.1. The molecule has 1 N–H and O–H groups in total. The number of likely N-dealkylation sites (N-methyl/N-ethyl adjacent to an activating group) is 1. The maximum absolute atomic E-state index is 9.74. The lowest BCUT2D eigenvalue weighted by atomic mass is 9.87. The molecule has 0 radical (unpaired) electrons. The third kappa shape index (κ3) is 3.80. The van der Waals surface area contributed by atoms with Gasteiger partial charge >= 0.3 is 0 Å². The highest BCUT2D eigenvalue weighted by Gasteiger charge is 2.34. The minimum absolute atomic E-state index is 0. The summed E-state index contributed by atoms with van der Waals surface area (Å²) in [6.07, 6.45) is 1.41. The molecule has 2 aromatic rings. The zero-order valence-electron chi connectivity index (χ0n) is 16.7. The molecule has 0 bridgehead atoms. The van der Waals surface area contributed by atoms with Gasteiger partial charge < -0.3 is 24.2 Å². The van der Waals surface area contributed by atoms with E-state index in [2.05, 4.69) is 17.1 Å². The molecule has 8 heteroatoms. The molecule has 2 aliphatic rings. The van der Waals surface area contributed by atoms with E-state index in [1.54, 1.807) is 14.2 Å². The summed E-state index contributed by atoms with van der Waals surface area (Å²) in [5.74, 6) is 2.79. The third-order valence-electron chi connectivity index (χ3n) is 5.46. The average molecular weight is 421 g/mol. The van der Waals surface area contributed by atoms with Crippen LogP contribution in [0, 0.1) is 0 Å². The lowest BCUT2D eigenvalue weighted by Crippen LogP contribution is -2.34. The number of rotatable bonds is 5. The standard InChI is InChI=1S/C21H24N2O5.ClH/c1-23-8-7-14-10-18-20(28-12-27-18)21(26-3)19(14)17(23)11-16(22-24)13-5-4-6-15(9-13)25-2;/h4-6,9-10,17,24H,7-8,11-12H2,1-3H3;1H. The van der Waals surface area contributed by atoms with Gasteiger partial charge in [-0.1, -0.05) is 17.3 Å². The normalized spacial score (nSPS) is 18.0. The Kier molecular flexibility index (Phi) is 6.39. The molecule has 4 rings (SSSR count). The van der Waals surface area contributed by atoms with Crippen LogP contribution in [0.5, 0.6) is 23.0 Å². The molecule has 0 aromatic heterocycles. The van der Waals surface area contributed by atoms with Crippen LogP contribution in [0.15, 0.2) is 35.5 Å². The van der Waals surface area contributed by atoms with E-state index >= 15 is 0 Å². The molecule has 7 nitrogen and oxygen atoms in total. The van der Waals surface area contributed by atoms with Crippen molar-refractivity contribution >= 4 is 18.1 Å². The van der Waals surface area contributed by atoms with Gasteiger partial charge in [-0.15, -0.1) is 12.4 Å². The Bertz CT molecular complexity index is 918. The number of methoxy groups -OCH3 is 2. The van der Waals surface area contributed by atoms with Crippen molar-refractivity contribution in [3.05, 3.63) is 47.0 Å². The van der Waals surface area contributed by atoms with Crippen LogP contribution in [0.25, 0.3) is 0 Å². The first-order chi connectivity index (χ1) is 13.7. The SMILES string of the molecule is COc1cccc(C(CC2c3c(cc4c(c3OC)OCO4)CCN2C)=NO)c1.Cl. The molecule has 0 aliphatic carbocycles. The zero-order valence-corrected chi connectivity index (χ0v) is 17.5. The van der Waals surface area contributed by atoms with Crippen LogP contribution in [-0.2, 0) is 6.42 Å². The third-order valence-corrected chi connectivity index (χ3v) is 5.46. The van der Waals surface area contributed by atoms with Crippen molar-refractivity contribution in [1.29, 1.82) is 0 Å². The van der Waals surface area contributed by atoms with E-state index in [1.165, 1.54) is 5.56 Å². The van der Waals surface area contributed by atoms with Crippen LogP contribution in [0.1, 0.15) is 29.2 Å². The van der Waals surface area contributed by atoms with E-state index < -0.39 is 0 Å². The highest BCUT2D eigenvalue weighted by molar-refractivity contribution is 6.01.